The predicted molar refractivity (Wildman–Crippen MR) is 63.6 cm³/mol. The van der Waals surface area contributed by atoms with Crippen LogP contribution in [0.5, 0.6) is 5.75 Å². The van der Waals surface area contributed by atoms with Crippen molar-refractivity contribution in [1.82, 2.24) is 0 Å². The number of ketones is 1. The summed E-state index contributed by atoms with van der Waals surface area (Å²) in [5.74, 6) is -0.593. The molecule has 1 N–H and O–H groups in total. The van der Waals surface area contributed by atoms with Gasteiger partial charge in [-0.2, -0.15) is 0 Å². The quantitative estimate of drug-likeness (QED) is 0.486. The molecule has 0 spiro atoms. The van der Waals surface area contributed by atoms with Crippen LogP contribution in [0.4, 0.5) is 11.4 Å². The summed E-state index contributed by atoms with van der Waals surface area (Å²) in [4.78, 5) is 32.1. The number of carbonyl (C=O) groups excluding carboxylic acids is 2. The first-order chi connectivity index (χ1) is 8.43. The fourth-order valence-electron chi connectivity index (χ4n) is 1.32. The Morgan fingerprint density at radius 3 is 2.61 bits per heavy atom. The minimum atomic E-state index is -0.566. The molecule has 0 fully saturated rings. The smallest absolute Gasteiger partial charge is 0.273 e. The largest absolute Gasteiger partial charge is 0.494 e. The minimum Gasteiger partial charge on any atom is -0.494 e. The molecule has 0 saturated heterocycles. The van der Waals surface area contributed by atoms with Crippen molar-refractivity contribution in [3.05, 3.63) is 28.3 Å². The van der Waals surface area contributed by atoms with Crippen LogP contribution >= 0.6 is 0 Å². The van der Waals surface area contributed by atoms with Crippen molar-refractivity contribution >= 4 is 23.1 Å². The first-order valence-electron chi connectivity index (χ1n) is 5.05. The van der Waals surface area contributed by atoms with Gasteiger partial charge >= 0.3 is 0 Å². The third-order valence-electron chi connectivity index (χ3n) is 2.08. The Kier molecular flexibility index (Phi) is 4.36. The highest BCUT2D eigenvalue weighted by atomic mass is 16.6. The molecule has 0 heterocycles. The van der Waals surface area contributed by atoms with Gasteiger partial charge < -0.3 is 10.1 Å². The summed E-state index contributed by atoms with van der Waals surface area (Å²) in [6, 6.07) is 3.80. The van der Waals surface area contributed by atoms with Gasteiger partial charge in [-0.1, -0.05) is 0 Å². The van der Waals surface area contributed by atoms with E-state index in [2.05, 4.69) is 5.32 Å². The zero-order valence-corrected chi connectivity index (χ0v) is 9.93. The van der Waals surface area contributed by atoms with E-state index in [0.29, 0.717) is 0 Å². The minimum absolute atomic E-state index is 0.142. The maximum absolute atomic E-state index is 11.4. The Bertz CT molecular complexity index is 498. The molecule has 18 heavy (non-hydrogen) atoms. The average molecular weight is 252 g/mol. The van der Waals surface area contributed by atoms with Gasteiger partial charge in [0, 0.05) is 6.07 Å². The molecule has 0 atom stereocenters. The Hall–Kier alpha value is -2.44. The number of ether oxygens (including phenoxy) is 1. The van der Waals surface area contributed by atoms with Gasteiger partial charge in [0.2, 0.25) is 5.91 Å². The van der Waals surface area contributed by atoms with Crippen molar-refractivity contribution in [2.75, 3.05) is 12.4 Å². The molecule has 96 valence electrons. The highest BCUT2D eigenvalue weighted by molar-refractivity contribution is 6.04. The molecule has 1 aromatic carbocycles. The van der Waals surface area contributed by atoms with Crippen LogP contribution in [-0.2, 0) is 9.59 Å². The number of Topliss-reactive ketones (excluding diaryl/α,β-unsaturated/α-hetero) is 1. The van der Waals surface area contributed by atoms with E-state index in [1.165, 1.54) is 32.2 Å². The van der Waals surface area contributed by atoms with Crippen LogP contribution in [0.2, 0.25) is 0 Å². The van der Waals surface area contributed by atoms with Crippen LogP contribution in [0.3, 0.4) is 0 Å². The normalized spacial score (nSPS) is 9.67. The molecule has 1 amide bonds. The van der Waals surface area contributed by atoms with Crippen molar-refractivity contribution < 1.29 is 19.2 Å². The molecule has 0 radical (unpaired) electrons. The van der Waals surface area contributed by atoms with Crippen LogP contribution in [0.25, 0.3) is 0 Å². The van der Waals surface area contributed by atoms with Gasteiger partial charge in [0.25, 0.3) is 5.69 Å². The van der Waals surface area contributed by atoms with Crippen molar-refractivity contribution in [2.24, 2.45) is 0 Å². The summed E-state index contributed by atoms with van der Waals surface area (Å²) < 4.78 is 4.94. The van der Waals surface area contributed by atoms with Crippen molar-refractivity contribution in [2.45, 2.75) is 13.3 Å². The molecule has 0 aromatic heterocycles. The Morgan fingerprint density at radius 1 is 1.44 bits per heavy atom. The first-order valence-corrected chi connectivity index (χ1v) is 5.05. The number of nitrogens with zero attached hydrogens (tertiary/aromatic N) is 1. The number of carbonyl (C=O) groups is 2. The Balaban J connectivity index is 2.92. The second-order valence-electron chi connectivity index (χ2n) is 3.57. The van der Waals surface area contributed by atoms with Crippen LogP contribution in [-0.4, -0.2) is 23.7 Å². The fraction of sp³-hybridized carbons (Fsp3) is 0.273. The number of anilines is 1. The molecular weight excluding hydrogens is 240 g/mol. The number of non-ortho nitro benzene ring substituents is 1. The second-order valence-corrected chi connectivity index (χ2v) is 3.57. The molecule has 0 aliphatic rings. The first kappa shape index (κ1) is 13.6. The summed E-state index contributed by atoms with van der Waals surface area (Å²) in [5, 5.41) is 13.0. The highest BCUT2D eigenvalue weighted by Crippen LogP contribution is 2.28. The van der Waals surface area contributed by atoms with E-state index in [0.717, 1.165) is 0 Å². The predicted octanol–water partition coefficient (Wildman–Crippen LogP) is 1.52. The monoisotopic (exact) mass is 252 g/mol. The second kappa shape index (κ2) is 5.76. The van der Waals surface area contributed by atoms with Crippen molar-refractivity contribution in [3.8, 4) is 5.75 Å². The van der Waals surface area contributed by atoms with Crippen LogP contribution in [0.1, 0.15) is 13.3 Å². The third-order valence-corrected chi connectivity index (χ3v) is 2.08. The lowest BCUT2D eigenvalue weighted by molar-refractivity contribution is -0.384. The van der Waals surface area contributed by atoms with Crippen LogP contribution in [0.15, 0.2) is 18.2 Å². The van der Waals surface area contributed by atoms with E-state index < -0.39 is 10.8 Å². The molecule has 0 aliphatic carbocycles. The van der Waals surface area contributed by atoms with E-state index in [-0.39, 0.29) is 29.3 Å². The summed E-state index contributed by atoms with van der Waals surface area (Å²) in [5.41, 5.74) is 0.144. The van der Waals surface area contributed by atoms with E-state index in [1.54, 1.807) is 0 Å². The maximum Gasteiger partial charge on any atom is 0.273 e. The molecule has 0 unspecified atom stereocenters. The van der Waals surface area contributed by atoms with Gasteiger partial charge in [0.15, 0.2) is 0 Å². The average Bonchev–Trinajstić information content (AvgIpc) is 2.27. The van der Waals surface area contributed by atoms with Gasteiger partial charge in [-0.05, 0) is 13.0 Å². The number of hydrogen-bond donors (Lipinski definition) is 1. The molecule has 1 rings (SSSR count). The standard InChI is InChI=1S/C11H12N2O5/c1-7(14)5-11(15)12-9-4-3-8(13(16)17)6-10(9)18-2/h3-4,6H,5H2,1-2H3,(H,12,15). The number of methoxy groups -OCH3 is 1. The number of amides is 1. The van der Waals surface area contributed by atoms with Gasteiger partial charge in [0.05, 0.1) is 30.2 Å². The maximum atomic E-state index is 11.4. The molecular formula is C11H12N2O5. The molecule has 0 bridgehead atoms. The summed E-state index contributed by atoms with van der Waals surface area (Å²) in [7, 11) is 1.33. The summed E-state index contributed by atoms with van der Waals surface area (Å²) in [6.45, 7) is 1.30. The summed E-state index contributed by atoms with van der Waals surface area (Å²) in [6.07, 6.45) is -0.250. The van der Waals surface area contributed by atoms with Gasteiger partial charge in [-0.3, -0.25) is 19.7 Å². The van der Waals surface area contributed by atoms with Crippen molar-refractivity contribution in [3.63, 3.8) is 0 Å². The molecule has 7 heteroatoms. The Labute approximate surface area is 103 Å². The van der Waals surface area contributed by atoms with Gasteiger partial charge in [0.1, 0.15) is 11.5 Å². The van der Waals surface area contributed by atoms with E-state index in [9.17, 15) is 19.7 Å². The number of nitro groups is 1. The lowest BCUT2D eigenvalue weighted by Gasteiger charge is -2.09. The van der Waals surface area contributed by atoms with Crippen LogP contribution in [0, 0.1) is 10.1 Å². The lowest BCUT2D eigenvalue weighted by Crippen LogP contribution is -2.15. The van der Waals surface area contributed by atoms with Crippen molar-refractivity contribution in [1.29, 1.82) is 0 Å². The lowest BCUT2D eigenvalue weighted by atomic mass is 10.2. The number of nitrogens with one attached hydrogen (secondary N) is 1. The molecule has 0 aliphatic heterocycles. The number of rotatable bonds is 5. The third kappa shape index (κ3) is 3.55. The topological polar surface area (TPSA) is 98.5 Å². The summed E-state index contributed by atoms with van der Waals surface area (Å²) >= 11 is 0. The zero-order valence-electron chi connectivity index (χ0n) is 9.93. The van der Waals surface area contributed by atoms with Crippen LogP contribution < -0.4 is 10.1 Å². The van der Waals surface area contributed by atoms with E-state index >= 15 is 0 Å². The molecule has 0 saturated carbocycles. The van der Waals surface area contributed by atoms with Gasteiger partial charge in [-0.15, -0.1) is 0 Å². The molecule has 7 nitrogen and oxygen atoms in total. The fourth-order valence-corrected chi connectivity index (χ4v) is 1.32. The zero-order chi connectivity index (χ0) is 13.7. The van der Waals surface area contributed by atoms with E-state index in [1.807, 2.05) is 0 Å². The SMILES string of the molecule is COc1cc([N+](=O)[O-])ccc1NC(=O)CC(C)=O. The number of benzene rings is 1. The van der Waals surface area contributed by atoms with E-state index in [4.69, 9.17) is 4.74 Å². The number of nitro benzene ring substituents is 1. The Morgan fingerprint density at radius 2 is 2.11 bits per heavy atom. The number of hydrogen-bond acceptors (Lipinski definition) is 5. The molecule has 1 aromatic rings. The van der Waals surface area contributed by atoms with Gasteiger partial charge in [-0.25, -0.2) is 0 Å². The highest BCUT2D eigenvalue weighted by Gasteiger charge is 2.13.